The third-order valence-corrected chi connectivity index (χ3v) is 6.36. The smallest absolute Gasteiger partial charge is 0.0687 e. The molecule has 4 rings (SSSR count). The summed E-state index contributed by atoms with van der Waals surface area (Å²) in [5.41, 5.74) is 9.72. The Balaban J connectivity index is 0.000000202. The van der Waals surface area contributed by atoms with Gasteiger partial charge in [-0.05, 0) is 74.0 Å². The molecule has 3 nitrogen and oxygen atoms in total. The molecule has 0 heterocycles. The fraction of sp³-hybridized carbons (Fsp3) is 0.273. The minimum Gasteiger partial charge on any atom is -0.392 e. The highest BCUT2D eigenvalue weighted by Crippen LogP contribution is 2.28. The van der Waals surface area contributed by atoms with Crippen molar-refractivity contribution in [2.24, 2.45) is 0 Å². The first-order valence-electron chi connectivity index (χ1n) is 12.6. The van der Waals surface area contributed by atoms with E-state index in [1.54, 1.807) is 0 Å². The first-order valence-corrected chi connectivity index (χ1v) is 12.6. The molecule has 36 heavy (non-hydrogen) atoms. The highest BCUT2D eigenvalue weighted by molar-refractivity contribution is 5.68. The molecule has 0 amide bonds. The molecule has 0 aliphatic heterocycles. The third kappa shape index (κ3) is 7.14. The van der Waals surface area contributed by atoms with E-state index < -0.39 is 0 Å². The van der Waals surface area contributed by atoms with Crippen LogP contribution in [-0.2, 0) is 19.8 Å². The summed E-state index contributed by atoms with van der Waals surface area (Å²) >= 11 is 0. The fourth-order valence-electron chi connectivity index (χ4n) is 4.19. The van der Waals surface area contributed by atoms with Gasteiger partial charge >= 0.3 is 0 Å². The monoisotopic (exact) mass is 482 g/mol. The Morgan fingerprint density at radius 3 is 1.56 bits per heavy atom. The summed E-state index contributed by atoms with van der Waals surface area (Å²) in [6.45, 7) is 8.79. The first-order chi connectivity index (χ1) is 17.4. The van der Waals surface area contributed by atoms with E-state index in [4.69, 9.17) is 0 Å². The molecule has 0 bridgehead atoms. The van der Waals surface area contributed by atoms with Crippen LogP contribution in [0.3, 0.4) is 0 Å². The van der Waals surface area contributed by atoms with Crippen LogP contribution in [0.25, 0.3) is 22.3 Å². The van der Waals surface area contributed by atoms with Gasteiger partial charge in [0.15, 0.2) is 0 Å². The second-order valence-corrected chi connectivity index (χ2v) is 9.73. The van der Waals surface area contributed by atoms with E-state index in [1.807, 2.05) is 36.4 Å². The maximum atomic E-state index is 9.36. The molecule has 0 saturated heterocycles. The van der Waals surface area contributed by atoms with Crippen LogP contribution in [-0.4, -0.2) is 15.3 Å². The van der Waals surface area contributed by atoms with Crippen LogP contribution >= 0.6 is 0 Å². The van der Waals surface area contributed by atoms with Gasteiger partial charge in [0.05, 0.1) is 19.8 Å². The summed E-state index contributed by atoms with van der Waals surface area (Å²) in [5.74, 6) is 1.01. The molecule has 0 atom stereocenters. The maximum absolute atomic E-state index is 9.36. The van der Waals surface area contributed by atoms with Crippen LogP contribution in [0.4, 0.5) is 0 Å². The van der Waals surface area contributed by atoms with Crippen LogP contribution < -0.4 is 0 Å². The van der Waals surface area contributed by atoms with Crippen molar-refractivity contribution in [2.45, 2.75) is 59.4 Å². The highest BCUT2D eigenvalue weighted by Gasteiger charge is 2.07. The topological polar surface area (TPSA) is 60.7 Å². The number of hydrogen-bond acceptors (Lipinski definition) is 3. The molecule has 0 saturated carbocycles. The Kier molecular flexibility index (Phi) is 10.0. The Morgan fingerprint density at radius 2 is 1.03 bits per heavy atom. The molecule has 3 heteroatoms. The predicted molar refractivity (Wildman–Crippen MR) is 150 cm³/mol. The standard InChI is InChI=1S/C17H20O2.C16H18O/c1-12(2)15-4-3-5-16(9-15)17-7-13(10-18)6-14(8-17)11-19;1-12(2)13-7-5-8-14(10-13)16-9-4-3-6-15(16)11-17/h3-9,12,18-19H,10-11H2,1-2H3;3-10,12,17H,11H2,1-2H3. The van der Waals surface area contributed by atoms with Gasteiger partial charge in [-0.3, -0.25) is 0 Å². The van der Waals surface area contributed by atoms with E-state index in [0.29, 0.717) is 11.8 Å². The van der Waals surface area contributed by atoms with Crippen molar-refractivity contribution >= 4 is 0 Å². The lowest BCUT2D eigenvalue weighted by Crippen LogP contribution is -1.92. The van der Waals surface area contributed by atoms with E-state index in [0.717, 1.165) is 33.4 Å². The molecule has 0 radical (unpaired) electrons. The van der Waals surface area contributed by atoms with E-state index in [9.17, 15) is 15.3 Å². The average molecular weight is 483 g/mol. The minimum absolute atomic E-state index is 0.00922. The van der Waals surface area contributed by atoms with E-state index in [1.165, 1.54) is 16.7 Å². The lowest BCUT2D eigenvalue weighted by Gasteiger charge is -2.11. The normalized spacial score (nSPS) is 10.9. The summed E-state index contributed by atoms with van der Waals surface area (Å²) in [6, 6.07) is 30.7. The summed E-state index contributed by atoms with van der Waals surface area (Å²) in [5, 5.41) is 27.9. The molecule has 4 aromatic rings. The Morgan fingerprint density at radius 1 is 0.500 bits per heavy atom. The second-order valence-electron chi connectivity index (χ2n) is 9.73. The first kappa shape index (κ1) is 27.3. The molecule has 4 aromatic carbocycles. The predicted octanol–water partition coefficient (Wildman–Crippen LogP) is 7.43. The fourth-order valence-corrected chi connectivity index (χ4v) is 4.19. The van der Waals surface area contributed by atoms with Crippen molar-refractivity contribution in [3.63, 3.8) is 0 Å². The van der Waals surface area contributed by atoms with Gasteiger partial charge in [-0.2, -0.15) is 0 Å². The van der Waals surface area contributed by atoms with Gasteiger partial charge in [-0.15, -0.1) is 0 Å². The lowest BCUT2D eigenvalue weighted by molar-refractivity contribution is 0.275. The lowest BCUT2D eigenvalue weighted by atomic mass is 9.95. The molecule has 0 aromatic heterocycles. The summed E-state index contributed by atoms with van der Waals surface area (Å²) in [7, 11) is 0. The van der Waals surface area contributed by atoms with Gasteiger partial charge < -0.3 is 15.3 Å². The number of aliphatic hydroxyl groups excluding tert-OH is 3. The highest BCUT2D eigenvalue weighted by atomic mass is 16.3. The Bertz CT molecular complexity index is 1240. The quantitative estimate of drug-likeness (QED) is 0.257. The number of aliphatic hydroxyl groups is 3. The molecular weight excluding hydrogens is 444 g/mol. The summed E-state index contributed by atoms with van der Waals surface area (Å²) in [4.78, 5) is 0. The van der Waals surface area contributed by atoms with Crippen molar-refractivity contribution in [1.29, 1.82) is 0 Å². The second kappa shape index (κ2) is 13.2. The van der Waals surface area contributed by atoms with Crippen molar-refractivity contribution in [3.05, 3.63) is 119 Å². The van der Waals surface area contributed by atoms with Gasteiger partial charge in [0.2, 0.25) is 0 Å². The molecule has 0 aliphatic rings. The number of hydrogen-bond donors (Lipinski definition) is 3. The van der Waals surface area contributed by atoms with Crippen LogP contribution in [0, 0.1) is 0 Å². The zero-order valence-corrected chi connectivity index (χ0v) is 21.8. The average Bonchev–Trinajstić information content (AvgIpc) is 2.93. The molecule has 188 valence electrons. The van der Waals surface area contributed by atoms with E-state index in [2.05, 4.69) is 82.3 Å². The van der Waals surface area contributed by atoms with Crippen LogP contribution in [0.5, 0.6) is 0 Å². The Labute approximate surface area is 215 Å². The van der Waals surface area contributed by atoms with Crippen molar-refractivity contribution in [1.82, 2.24) is 0 Å². The number of benzene rings is 4. The molecular formula is C33H38O3. The van der Waals surface area contributed by atoms with Crippen LogP contribution in [0.2, 0.25) is 0 Å². The van der Waals surface area contributed by atoms with Gasteiger partial charge in [0.25, 0.3) is 0 Å². The molecule has 3 N–H and O–H groups in total. The SMILES string of the molecule is CC(C)c1cccc(-c2cc(CO)cc(CO)c2)c1.CC(C)c1cccc(-c2ccccc2CO)c1. The zero-order valence-electron chi connectivity index (χ0n) is 21.8. The van der Waals surface area contributed by atoms with Crippen LogP contribution in [0.1, 0.15) is 67.3 Å². The largest absolute Gasteiger partial charge is 0.392 e. The summed E-state index contributed by atoms with van der Waals surface area (Å²) < 4.78 is 0. The third-order valence-electron chi connectivity index (χ3n) is 6.36. The molecule has 0 fully saturated rings. The van der Waals surface area contributed by atoms with Gasteiger partial charge in [0.1, 0.15) is 0 Å². The molecule has 0 aliphatic carbocycles. The van der Waals surface area contributed by atoms with Gasteiger partial charge in [-0.25, -0.2) is 0 Å². The molecule has 0 unspecified atom stereocenters. The van der Waals surface area contributed by atoms with Crippen molar-refractivity contribution in [2.75, 3.05) is 0 Å². The van der Waals surface area contributed by atoms with Gasteiger partial charge in [0, 0.05) is 0 Å². The van der Waals surface area contributed by atoms with E-state index in [-0.39, 0.29) is 19.8 Å². The van der Waals surface area contributed by atoms with Crippen molar-refractivity contribution < 1.29 is 15.3 Å². The van der Waals surface area contributed by atoms with E-state index >= 15 is 0 Å². The minimum atomic E-state index is -0.00922. The zero-order chi connectivity index (χ0) is 26.1. The number of rotatable bonds is 7. The summed E-state index contributed by atoms with van der Waals surface area (Å²) in [6.07, 6.45) is 0. The Hall–Kier alpha value is -3.24. The molecule has 0 spiro atoms. The van der Waals surface area contributed by atoms with Crippen molar-refractivity contribution in [3.8, 4) is 22.3 Å². The van der Waals surface area contributed by atoms with Gasteiger partial charge in [-0.1, -0.05) is 107 Å². The van der Waals surface area contributed by atoms with Crippen LogP contribution in [0.15, 0.2) is 91.0 Å². The maximum Gasteiger partial charge on any atom is 0.0687 e.